The fourth-order valence-electron chi connectivity index (χ4n) is 1.67. The van der Waals surface area contributed by atoms with Crippen molar-refractivity contribution in [3.05, 3.63) is 52.8 Å². The van der Waals surface area contributed by atoms with Gasteiger partial charge in [-0.05, 0) is 42.8 Å². The van der Waals surface area contributed by atoms with Crippen LogP contribution < -0.4 is 10.5 Å². The van der Waals surface area contributed by atoms with Crippen LogP contribution in [0.25, 0.3) is 0 Å². The van der Waals surface area contributed by atoms with Crippen molar-refractivity contribution >= 4 is 27.3 Å². The lowest BCUT2D eigenvalue weighted by molar-refractivity contribution is 0.601. The normalized spacial score (nSPS) is 11.3. The van der Waals surface area contributed by atoms with Crippen LogP contribution in [0.4, 0.5) is 5.69 Å². The number of nitrogens with two attached hydrogens (primary N) is 1. The van der Waals surface area contributed by atoms with Gasteiger partial charge in [-0.15, -0.1) is 0 Å². The van der Waals surface area contributed by atoms with E-state index >= 15 is 0 Å². The summed E-state index contributed by atoms with van der Waals surface area (Å²) in [5.74, 6) is 0. The lowest BCUT2D eigenvalue weighted by Gasteiger charge is -2.11. The van der Waals surface area contributed by atoms with Crippen LogP contribution in [-0.2, 0) is 16.6 Å². The van der Waals surface area contributed by atoms with Crippen molar-refractivity contribution in [2.24, 2.45) is 5.73 Å². The Hall–Kier alpha value is -1.63. The molecule has 0 spiro atoms. The van der Waals surface area contributed by atoms with E-state index in [0.717, 1.165) is 0 Å². The third-order valence-corrected chi connectivity index (χ3v) is 4.53. The first-order valence-electron chi connectivity index (χ1n) is 5.87. The molecule has 2 aromatic rings. The molecular weight excluding hydrogens is 298 g/mol. The molecule has 0 saturated heterocycles. The molecule has 3 N–H and O–H groups in total. The first-order valence-corrected chi connectivity index (χ1v) is 7.73. The Morgan fingerprint density at radius 3 is 2.75 bits per heavy atom. The molecule has 0 aliphatic carbocycles. The first kappa shape index (κ1) is 14.8. The number of hydrogen-bond acceptors (Lipinski definition) is 4. The number of halogens is 1. The quantitative estimate of drug-likeness (QED) is 0.907. The number of aryl methyl sites for hydroxylation is 1. The van der Waals surface area contributed by atoms with E-state index in [4.69, 9.17) is 17.3 Å². The maximum atomic E-state index is 12.3. The zero-order valence-electron chi connectivity index (χ0n) is 10.8. The Kier molecular flexibility index (Phi) is 4.27. The molecule has 106 valence electrons. The maximum Gasteiger partial charge on any atom is 0.261 e. The van der Waals surface area contributed by atoms with E-state index in [-0.39, 0.29) is 11.4 Å². The minimum atomic E-state index is -3.69. The van der Waals surface area contributed by atoms with Crippen LogP contribution in [0, 0.1) is 6.92 Å². The summed E-state index contributed by atoms with van der Waals surface area (Å²) in [6.07, 6.45) is 1.60. The first-order chi connectivity index (χ1) is 9.44. The molecular formula is C13H14ClN3O2S. The monoisotopic (exact) mass is 311 g/mol. The Morgan fingerprint density at radius 2 is 2.10 bits per heavy atom. The zero-order valence-corrected chi connectivity index (χ0v) is 12.4. The minimum Gasteiger partial charge on any atom is -0.326 e. The highest BCUT2D eigenvalue weighted by atomic mass is 35.5. The number of benzene rings is 1. The molecule has 1 heterocycles. The molecule has 1 aromatic heterocycles. The van der Waals surface area contributed by atoms with Crippen molar-refractivity contribution in [3.8, 4) is 0 Å². The average molecular weight is 312 g/mol. The van der Waals surface area contributed by atoms with Crippen molar-refractivity contribution in [1.29, 1.82) is 0 Å². The number of rotatable bonds is 4. The van der Waals surface area contributed by atoms with E-state index < -0.39 is 10.0 Å². The van der Waals surface area contributed by atoms with Gasteiger partial charge in [0.05, 0.1) is 16.3 Å². The van der Waals surface area contributed by atoms with E-state index in [1.54, 1.807) is 25.3 Å². The predicted octanol–water partition coefficient (Wildman–Crippen LogP) is 2.30. The van der Waals surface area contributed by atoms with Crippen molar-refractivity contribution in [1.82, 2.24) is 4.98 Å². The summed E-state index contributed by atoms with van der Waals surface area (Å²) in [7, 11) is -3.69. The van der Waals surface area contributed by atoms with Gasteiger partial charge in [0.25, 0.3) is 10.0 Å². The molecule has 7 heteroatoms. The molecule has 0 aliphatic rings. The van der Waals surface area contributed by atoms with Gasteiger partial charge in [-0.1, -0.05) is 11.6 Å². The van der Waals surface area contributed by atoms with E-state index in [9.17, 15) is 8.42 Å². The molecule has 0 aliphatic heterocycles. The molecule has 1 aromatic carbocycles. The number of hydrogen-bond donors (Lipinski definition) is 2. The summed E-state index contributed by atoms with van der Waals surface area (Å²) < 4.78 is 27.1. The van der Waals surface area contributed by atoms with E-state index in [0.29, 0.717) is 22.0 Å². The fraction of sp³-hybridized carbons (Fsp3) is 0.154. The van der Waals surface area contributed by atoms with E-state index in [1.807, 2.05) is 0 Å². The summed E-state index contributed by atoms with van der Waals surface area (Å²) in [4.78, 5) is 4.15. The fourth-order valence-corrected chi connectivity index (χ4v) is 3.03. The van der Waals surface area contributed by atoms with Crippen LogP contribution in [0.2, 0.25) is 5.02 Å². The lowest BCUT2D eigenvalue weighted by Crippen LogP contribution is -2.14. The van der Waals surface area contributed by atoms with Crippen LogP contribution in [-0.4, -0.2) is 13.4 Å². The maximum absolute atomic E-state index is 12.3. The Labute approximate surface area is 122 Å². The molecule has 0 amide bonds. The highest BCUT2D eigenvalue weighted by molar-refractivity contribution is 7.92. The van der Waals surface area contributed by atoms with E-state index in [2.05, 4.69) is 9.71 Å². The number of anilines is 1. The van der Waals surface area contributed by atoms with Gasteiger partial charge in [0.1, 0.15) is 0 Å². The zero-order chi connectivity index (χ0) is 14.8. The van der Waals surface area contributed by atoms with Gasteiger partial charge in [0.15, 0.2) is 0 Å². The van der Waals surface area contributed by atoms with Crippen LogP contribution >= 0.6 is 11.6 Å². The molecule has 5 nitrogen and oxygen atoms in total. The minimum absolute atomic E-state index is 0.116. The second-order valence-electron chi connectivity index (χ2n) is 4.20. The average Bonchev–Trinajstić information content (AvgIpc) is 2.41. The number of pyridine rings is 1. The smallest absolute Gasteiger partial charge is 0.261 e. The highest BCUT2D eigenvalue weighted by Crippen LogP contribution is 2.22. The number of aromatic nitrogens is 1. The van der Waals surface area contributed by atoms with Gasteiger partial charge in [-0.25, -0.2) is 8.42 Å². The van der Waals surface area contributed by atoms with E-state index in [1.165, 1.54) is 18.2 Å². The SMILES string of the molecule is Cc1ncccc1NS(=O)(=O)c1ccc(Cl)c(CN)c1. The van der Waals surface area contributed by atoms with Crippen LogP contribution in [0.3, 0.4) is 0 Å². The highest BCUT2D eigenvalue weighted by Gasteiger charge is 2.16. The molecule has 0 atom stereocenters. The summed E-state index contributed by atoms with van der Waals surface area (Å²) in [6, 6.07) is 7.75. The summed E-state index contributed by atoms with van der Waals surface area (Å²) in [6.45, 7) is 1.90. The molecule has 0 fully saturated rings. The van der Waals surface area contributed by atoms with Crippen molar-refractivity contribution < 1.29 is 8.42 Å². The van der Waals surface area contributed by atoms with Gasteiger partial charge >= 0.3 is 0 Å². The molecule has 0 bridgehead atoms. The van der Waals surface area contributed by atoms with Crippen molar-refractivity contribution in [2.45, 2.75) is 18.4 Å². The van der Waals surface area contributed by atoms with Gasteiger partial charge < -0.3 is 5.73 Å². The van der Waals surface area contributed by atoms with Gasteiger partial charge in [-0.3, -0.25) is 9.71 Å². The molecule has 0 saturated carbocycles. The number of nitrogens with one attached hydrogen (secondary N) is 1. The van der Waals surface area contributed by atoms with Gasteiger partial charge in [0, 0.05) is 17.8 Å². The molecule has 20 heavy (non-hydrogen) atoms. The summed E-state index contributed by atoms with van der Waals surface area (Å²) >= 11 is 5.93. The number of nitrogens with zero attached hydrogens (tertiary/aromatic N) is 1. The standard InChI is InChI=1S/C13H14ClN3O2S/c1-9-13(3-2-6-16-9)17-20(18,19)11-4-5-12(14)10(7-11)8-15/h2-7,17H,8,15H2,1H3. The lowest BCUT2D eigenvalue weighted by atomic mass is 10.2. The predicted molar refractivity (Wildman–Crippen MR) is 79.1 cm³/mol. The van der Waals surface area contributed by atoms with Crippen LogP contribution in [0.5, 0.6) is 0 Å². The van der Waals surface area contributed by atoms with Crippen LogP contribution in [0.15, 0.2) is 41.4 Å². The summed E-state index contributed by atoms with van der Waals surface area (Å²) in [5, 5.41) is 0.448. The molecule has 0 radical (unpaired) electrons. The Bertz CT molecular complexity index is 732. The second kappa shape index (κ2) is 5.78. The summed E-state index contributed by atoms with van der Waals surface area (Å²) in [5.41, 5.74) is 7.15. The molecule has 2 rings (SSSR count). The van der Waals surface area contributed by atoms with Crippen molar-refractivity contribution in [3.63, 3.8) is 0 Å². The topological polar surface area (TPSA) is 85.1 Å². The third-order valence-electron chi connectivity index (χ3n) is 2.80. The Balaban J connectivity index is 2.38. The second-order valence-corrected chi connectivity index (χ2v) is 6.29. The third kappa shape index (κ3) is 3.09. The van der Waals surface area contributed by atoms with Crippen molar-refractivity contribution in [2.75, 3.05) is 4.72 Å². The van der Waals surface area contributed by atoms with Crippen LogP contribution in [0.1, 0.15) is 11.3 Å². The molecule has 0 unspecified atom stereocenters. The van der Waals surface area contributed by atoms with Gasteiger partial charge in [0.2, 0.25) is 0 Å². The Morgan fingerprint density at radius 1 is 1.35 bits per heavy atom. The number of sulfonamides is 1. The largest absolute Gasteiger partial charge is 0.326 e. The van der Waals surface area contributed by atoms with Gasteiger partial charge in [-0.2, -0.15) is 0 Å².